The summed E-state index contributed by atoms with van der Waals surface area (Å²) in [7, 11) is 0. The molecule has 0 fully saturated rings. The zero-order valence-corrected chi connectivity index (χ0v) is 11.5. The summed E-state index contributed by atoms with van der Waals surface area (Å²) in [5.74, 6) is -0.498. The summed E-state index contributed by atoms with van der Waals surface area (Å²) in [4.78, 5) is 11.4. The second kappa shape index (κ2) is 5.99. The highest BCUT2D eigenvalue weighted by atomic mass is 79.9. The molecule has 19 heavy (non-hydrogen) atoms. The number of furan rings is 1. The number of benzene rings is 1. The molecular formula is C13H12BrFN2O2. The maximum absolute atomic E-state index is 13.8. The third-order valence-electron chi connectivity index (χ3n) is 2.62. The van der Waals surface area contributed by atoms with Gasteiger partial charge in [-0.2, -0.15) is 0 Å². The van der Waals surface area contributed by atoms with Crippen LogP contribution in [0, 0.1) is 5.82 Å². The van der Waals surface area contributed by atoms with Crippen LogP contribution in [0.2, 0.25) is 0 Å². The summed E-state index contributed by atoms with van der Waals surface area (Å²) in [6.45, 7) is 0.288. The molecule has 1 atom stereocenters. The summed E-state index contributed by atoms with van der Waals surface area (Å²) in [6.07, 6.45) is 1.52. The molecule has 2 rings (SSSR count). The van der Waals surface area contributed by atoms with Crippen LogP contribution in [0.15, 0.2) is 45.5 Å². The van der Waals surface area contributed by atoms with Gasteiger partial charge in [-0.3, -0.25) is 10.1 Å². The second-order valence-electron chi connectivity index (χ2n) is 3.96. The van der Waals surface area contributed by atoms with Crippen LogP contribution >= 0.6 is 15.9 Å². The van der Waals surface area contributed by atoms with Gasteiger partial charge in [0.05, 0.1) is 12.8 Å². The highest BCUT2D eigenvalue weighted by molar-refractivity contribution is 9.10. The first kappa shape index (κ1) is 13.8. The topological polar surface area (TPSA) is 68.3 Å². The zero-order valence-electron chi connectivity index (χ0n) is 9.90. The normalized spacial score (nSPS) is 12.3. The number of rotatable bonds is 5. The lowest BCUT2D eigenvalue weighted by molar-refractivity contribution is -0.120. The van der Waals surface area contributed by atoms with Crippen molar-refractivity contribution in [3.05, 3.63) is 58.2 Å². The number of halogens is 2. The van der Waals surface area contributed by atoms with Crippen molar-refractivity contribution >= 4 is 21.8 Å². The van der Waals surface area contributed by atoms with Crippen molar-refractivity contribution in [3.63, 3.8) is 0 Å². The van der Waals surface area contributed by atoms with Crippen LogP contribution in [0.3, 0.4) is 0 Å². The van der Waals surface area contributed by atoms with Crippen molar-refractivity contribution < 1.29 is 13.6 Å². The van der Waals surface area contributed by atoms with Crippen molar-refractivity contribution in [1.82, 2.24) is 5.32 Å². The van der Waals surface area contributed by atoms with Crippen molar-refractivity contribution in [1.29, 1.82) is 0 Å². The Kier molecular flexibility index (Phi) is 4.34. The summed E-state index contributed by atoms with van der Waals surface area (Å²) in [6, 6.07) is 7.05. The molecule has 0 spiro atoms. The summed E-state index contributed by atoms with van der Waals surface area (Å²) in [5, 5.41) is 2.87. The fourth-order valence-corrected chi connectivity index (χ4v) is 2.05. The first-order valence-electron chi connectivity index (χ1n) is 5.58. The van der Waals surface area contributed by atoms with Gasteiger partial charge in [-0.15, -0.1) is 0 Å². The van der Waals surface area contributed by atoms with E-state index < -0.39 is 17.8 Å². The Labute approximate surface area is 117 Å². The summed E-state index contributed by atoms with van der Waals surface area (Å²) in [5.41, 5.74) is 5.52. The van der Waals surface area contributed by atoms with Crippen LogP contribution in [0.25, 0.3) is 0 Å². The lowest BCUT2D eigenvalue weighted by atomic mass is 10.1. The Morgan fingerprint density at radius 2 is 2.26 bits per heavy atom. The number of nitrogens with two attached hydrogens (primary N) is 1. The molecule has 3 N–H and O–H groups in total. The van der Waals surface area contributed by atoms with Gasteiger partial charge >= 0.3 is 0 Å². The minimum Gasteiger partial charge on any atom is -0.468 e. The molecule has 100 valence electrons. The molecule has 1 aromatic carbocycles. The first-order chi connectivity index (χ1) is 9.08. The average molecular weight is 327 g/mol. The molecule has 0 aliphatic rings. The molecular weight excluding hydrogens is 315 g/mol. The molecule has 0 bridgehead atoms. The lowest BCUT2D eigenvalue weighted by Crippen LogP contribution is -2.33. The number of amides is 1. The van der Waals surface area contributed by atoms with E-state index >= 15 is 0 Å². The van der Waals surface area contributed by atoms with Crippen LogP contribution in [-0.2, 0) is 11.3 Å². The average Bonchev–Trinajstić information content (AvgIpc) is 2.84. The summed E-state index contributed by atoms with van der Waals surface area (Å²) < 4.78 is 19.6. The third-order valence-corrected chi connectivity index (χ3v) is 3.11. The van der Waals surface area contributed by atoms with E-state index in [1.807, 2.05) is 0 Å². The number of carbonyl (C=O) groups excluding carboxylic acids is 1. The molecule has 1 heterocycles. The minimum absolute atomic E-state index is 0.210. The molecule has 0 aliphatic carbocycles. The Bertz CT molecular complexity index is 572. The fourth-order valence-electron chi connectivity index (χ4n) is 1.72. The predicted molar refractivity (Wildman–Crippen MR) is 71.6 cm³/mol. The fraction of sp³-hybridized carbons (Fsp3) is 0.154. The van der Waals surface area contributed by atoms with E-state index in [2.05, 4.69) is 21.2 Å². The van der Waals surface area contributed by atoms with E-state index in [0.717, 1.165) is 0 Å². The minimum atomic E-state index is -0.904. The standard InChI is InChI=1S/C13H12BrFN2O2/c14-8-3-4-10(11(15)6-8)12(13(16)18)17-7-9-2-1-5-19-9/h1-6,12,17H,7H2,(H2,16,18). The van der Waals surface area contributed by atoms with Gasteiger partial charge in [-0.1, -0.05) is 22.0 Å². The number of nitrogens with one attached hydrogen (secondary N) is 1. The van der Waals surface area contributed by atoms with Crippen LogP contribution in [0.4, 0.5) is 4.39 Å². The Hall–Kier alpha value is -1.66. The van der Waals surface area contributed by atoms with E-state index in [1.165, 1.54) is 18.4 Å². The molecule has 0 saturated carbocycles. The van der Waals surface area contributed by atoms with E-state index in [-0.39, 0.29) is 12.1 Å². The highest BCUT2D eigenvalue weighted by Crippen LogP contribution is 2.21. The number of hydrogen-bond donors (Lipinski definition) is 2. The molecule has 6 heteroatoms. The second-order valence-corrected chi connectivity index (χ2v) is 4.88. The van der Waals surface area contributed by atoms with E-state index in [4.69, 9.17) is 10.2 Å². The van der Waals surface area contributed by atoms with Gasteiger partial charge in [-0.25, -0.2) is 4.39 Å². The van der Waals surface area contributed by atoms with E-state index in [0.29, 0.717) is 10.2 Å². The van der Waals surface area contributed by atoms with Crippen LogP contribution in [0.5, 0.6) is 0 Å². The van der Waals surface area contributed by atoms with Crippen molar-refractivity contribution in [2.24, 2.45) is 5.73 Å². The van der Waals surface area contributed by atoms with Crippen LogP contribution in [-0.4, -0.2) is 5.91 Å². The van der Waals surface area contributed by atoms with Gasteiger partial charge in [0.15, 0.2) is 0 Å². The molecule has 1 aromatic heterocycles. The zero-order chi connectivity index (χ0) is 13.8. The molecule has 0 radical (unpaired) electrons. The molecule has 2 aromatic rings. The van der Waals surface area contributed by atoms with Gasteiger partial charge in [0.25, 0.3) is 0 Å². The maximum atomic E-state index is 13.8. The van der Waals surface area contributed by atoms with E-state index in [1.54, 1.807) is 18.2 Å². The van der Waals surface area contributed by atoms with Crippen LogP contribution < -0.4 is 11.1 Å². The molecule has 0 saturated heterocycles. The summed E-state index contributed by atoms with van der Waals surface area (Å²) >= 11 is 3.16. The number of primary amides is 1. The van der Waals surface area contributed by atoms with E-state index in [9.17, 15) is 9.18 Å². The smallest absolute Gasteiger partial charge is 0.239 e. The quantitative estimate of drug-likeness (QED) is 0.887. The Balaban J connectivity index is 2.17. The molecule has 1 amide bonds. The maximum Gasteiger partial charge on any atom is 0.239 e. The first-order valence-corrected chi connectivity index (χ1v) is 6.37. The van der Waals surface area contributed by atoms with Gasteiger partial charge in [0, 0.05) is 10.0 Å². The molecule has 1 unspecified atom stereocenters. The SMILES string of the molecule is NC(=O)C(NCc1ccco1)c1ccc(Br)cc1F. The lowest BCUT2D eigenvalue weighted by Gasteiger charge is -2.16. The predicted octanol–water partition coefficient (Wildman–Crippen LogP) is 2.50. The third kappa shape index (κ3) is 3.42. The van der Waals surface area contributed by atoms with Crippen molar-refractivity contribution in [3.8, 4) is 0 Å². The highest BCUT2D eigenvalue weighted by Gasteiger charge is 2.21. The molecule has 0 aliphatic heterocycles. The van der Waals surface area contributed by atoms with Gasteiger partial charge < -0.3 is 10.2 Å². The van der Waals surface area contributed by atoms with Crippen LogP contribution in [0.1, 0.15) is 17.4 Å². The monoisotopic (exact) mass is 326 g/mol. The van der Waals surface area contributed by atoms with Crippen molar-refractivity contribution in [2.45, 2.75) is 12.6 Å². The number of hydrogen-bond acceptors (Lipinski definition) is 3. The van der Waals surface area contributed by atoms with Gasteiger partial charge in [0.2, 0.25) is 5.91 Å². The Morgan fingerprint density at radius 3 is 2.84 bits per heavy atom. The van der Waals surface area contributed by atoms with Gasteiger partial charge in [-0.05, 0) is 24.3 Å². The van der Waals surface area contributed by atoms with Crippen molar-refractivity contribution in [2.75, 3.05) is 0 Å². The molecule has 4 nitrogen and oxygen atoms in total. The van der Waals surface area contributed by atoms with Gasteiger partial charge in [0.1, 0.15) is 17.6 Å². The Morgan fingerprint density at radius 1 is 1.47 bits per heavy atom. The largest absolute Gasteiger partial charge is 0.468 e. The number of carbonyl (C=O) groups is 1.